The predicted molar refractivity (Wildman–Crippen MR) is 200 cm³/mol. The van der Waals surface area contributed by atoms with Crippen molar-refractivity contribution < 1.29 is 50.5 Å². The normalized spacial score (nSPS) is 11.6. The molecule has 6 rings (SSSR count). The van der Waals surface area contributed by atoms with Crippen LogP contribution < -0.4 is 21.3 Å². The van der Waals surface area contributed by atoms with E-state index in [-0.39, 0.29) is 65.3 Å². The first-order chi connectivity index (χ1) is 25.4. The predicted octanol–water partition coefficient (Wildman–Crippen LogP) is 6.28. The van der Waals surface area contributed by atoms with E-state index in [1.54, 1.807) is 26.0 Å². The van der Waals surface area contributed by atoms with Gasteiger partial charge >= 0.3 is 6.03 Å². The maximum Gasteiger partial charge on any atom is 0.328 e. The van der Waals surface area contributed by atoms with Crippen LogP contribution in [0.4, 0.5) is 27.5 Å². The third kappa shape index (κ3) is 7.79. The summed E-state index contributed by atoms with van der Waals surface area (Å²) < 4.78 is 66.8. The molecule has 0 heterocycles. The monoisotopic (exact) mass is 770 g/mol. The second-order valence-corrected chi connectivity index (χ2v) is 15.0. The summed E-state index contributed by atoms with van der Waals surface area (Å²) in [6.45, 7) is 3.20. The summed E-state index contributed by atoms with van der Waals surface area (Å²) in [5.41, 5.74) is 2.52. The molecule has 0 unspecified atom stereocenters. The summed E-state index contributed by atoms with van der Waals surface area (Å²) >= 11 is 0. The number of carbonyl (C=O) groups is 3. The SMILES string of the molecule is Cc1cc(Nc2cc(O)c3cccc(S(=O)(=O)O)c3c2)ccc1C(=O)NC(=O)NC(=O)c1ccc(Nc2cc(O)c3cccc(S(=O)(=O)O)c3c2)cc1C. The van der Waals surface area contributed by atoms with Crippen LogP contribution in [0.2, 0.25) is 0 Å². The fraction of sp³-hybridized carbons (Fsp3) is 0.0541. The third-order valence-corrected chi connectivity index (χ3v) is 10.2. The second kappa shape index (κ2) is 14.1. The van der Waals surface area contributed by atoms with E-state index in [9.17, 15) is 50.5 Å². The Labute approximate surface area is 307 Å². The molecular formula is C37H30N4O11S2. The van der Waals surface area contributed by atoms with Crippen molar-refractivity contribution in [2.24, 2.45) is 0 Å². The van der Waals surface area contributed by atoms with E-state index in [1.165, 1.54) is 84.9 Å². The number of aryl methyl sites for hydroxylation is 2. The van der Waals surface area contributed by atoms with Crippen LogP contribution in [0.3, 0.4) is 0 Å². The van der Waals surface area contributed by atoms with E-state index in [4.69, 9.17) is 0 Å². The summed E-state index contributed by atoms with van der Waals surface area (Å²) in [4.78, 5) is 37.8. The third-order valence-electron chi connectivity index (χ3n) is 8.40. The van der Waals surface area contributed by atoms with E-state index in [0.717, 1.165) is 0 Å². The maximum atomic E-state index is 13.0. The minimum absolute atomic E-state index is 0.0832. The summed E-state index contributed by atoms with van der Waals surface area (Å²) in [6.07, 6.45) is 0. The molecule has 4 amide bonds. The lowest BCUT2D eigenvalue weighted by atomic mass is 10.1. The molecule has 276 valence electrons. The number of phenolic OH excluding ortho intramolecular Hbond substituents is 2. The van der Waals surface area contributed by atoms with Crippen LogP contribution in [0.1, 0.15) is 31.8 Å². The quantitative estimate of drug-likeness (QED) is 0.0795. The lowest BCUT2D eigenvalue weighted by molar-refractivity contribution is 0.0944. The number of hydrogen-bond acceptors (Lipinski definition) is 11. The molecule has 6 aromatic rings. The Kier molecular flexibility index (Phi) is 9.74. The number of fused-ring (bicyclic) bond motifs is 2. The van der Waals surface area contributed by atoms with Gasteiger partial charge in [0.05, 0.1) is 0 Å². The first-order valence-electron chi connectivity index (χ1n) is 15.8. The number of hydrogen-bond donors (Lipinski definition) is 8. The number of nitrogens with one attached hydrogen (secondary N) is 4. The number of imide groups is 2. The number of aromatic hydroxyl groups is 2. The van der Waals surface area contributed by atoms with Gasteiger partial charge in [-0.3, -0.25) is 29.3 Å². The van der Waals surface area contributed by atoms with Crippen LogP contribution in [-0.4, -0.2) is 54.0 Å². The zero-order valence-electron chi connectivity index (χ0n) is 28.2. The van der Waals surface area contributed by atoms with E-state index in [2.05, 4.69) is 21.3 Å². The number of phenols is 2. The summed E-state index contributed by atoms with van der Waals surface area (Å²) in [6, 6.07) is 21.7. The fourth-order valence-electron chi connectivity index (χ4n) is 5.97. The molecule has 0 bridgehead atoms. The number of rotatable bonds is 8. The Morgan fingerprint density at radius 1 is 0.500 bits per heavy atom. The maximum absolute atomic E-state index is 13.0. The van der Waals surface area contributed by atoms with E-state index in [0.29, 0.717) is 22.5 Å². The van der Waals surface area contributed by atoms with Crippen molar-refractivity contribution >= 4 is 82.4 Å². The van der Waals surface area contributed by atoms with Crippen molar-refractivity contribution in [3.05, 3.63) is 119 Å². The summed E-state index contributed by atoms with van der Waals surface area (Å²) in [5.74, 6) is -2.09. The lowest BCUT2D eigenvalue weighted by Gasteiger charge is -2.14. The first-order valence-corrected chi connectivity index (χ1v) is 18.7. The standard InChI is InChI=1S/C37H30N4O11S2/c1-19-13-21(38-23-15-29-27(31(42)17-23)5-3-7-33(29)53(47,48)49)9-11-25(19)35(44)40-37(46)41-36(45)26-12-10-22(14-20(26)2)39-24-16-30-28(32(43)18-24)6-4-8-34(30)54(50,51)52/h3-18,38-39,42-43H,1-2H3,(H,47,48,49)(H,50,51,52)(H2,40,41,44,45,46). The Morgan fingerprint density at radius 2 is 0.889 bits per heavy atom. The highest BCUT2D eigenvalue weighted by Crippen LogP contribution is 2.36. The number of anilines is 4. The smallest absolute Gasteiger partial charge is 0.328 e. The van der Waals surface area contributed by atoms with Crippen LogP contribution in [0.5, 0.6) is 11.5 Å². The minimum Gasteiger partial charge on any atom is -0.507 e. The molecule has 0 saturated heterocycles. The van der Waals surface area contributed by atoms with Gasteiger partial charge in [0.15, 0.2) is 0 Å². The van der Waals surface area contributed by atoms with Crippen molar-refractivity contribution in [2.45, 2.75) is 23.6 Å². The average molecular weight is 771 g/mol. The molecule has 0 aliphatic rings. The Balaban J connectivity index is 1.11. The van der Waals surface area contributed by atoms with Gasteiger partial charge < -0.3 is 20.8 Å². The van der Waals surface area contributed by atoms with Crippen molar-refractivity contribution in [3.63, 3.8) is 0 Å². The molecule has 8 N–H and O–H groups in total. The Hall–Kier alpha value is -6.53. The van der Waals surface area contributed by atoms with Gasteiger partial charge in [0, 0.05) is 67.6 Å². The van der Waals surface area contributed by atoms with Gasteiger partial charge in [0.1, 0.15) is 21.3 Å². The van der Waals surface area contributed by atoms with Crippen molar-refractivity contribution in [2.75, 3.05) is 10.6 Å². The fourth-order valence-corrected chi connectivity index (χ4v) is 7.36. The molecule has 0 aliphatic heterocycles. The van der Waals surface area contributed by atoms with Crippen molar-refractivity contribution in [3.8, 4) is 11.5 Å². The lowest BCUT2D eigenvalue weighted by Crippen LogP contribution is -2.42. The minimum atomic E-state index is -4.58. The van der Waals surface area contributed by atoms with Gasteiger partial charge in [-0.15, -0.1) is 0 Å². The number of urea groups is 1. The molecule has 0 fully saturated rings. The largest absolute Gasteiger partial charge is 0.507 e. The zero-order chi connectivity index (χ0) is 39.1. The van der Waals surface area contributed by atoms with Crippen LogP contribution in [0, 0.1) is 13.8 Å². The highest BCUT2D eigenvalue weighted by atomic mass is 32.2. The molecule has 54 heavy (non-hydrogen) atoms. The molecule has 0 atom stereocenters. The van der Waals surface area contributed by atoms with E-state index >= 15 is 0 Å². The Bertz CT molecular complexity index is 2600. The van der Waals surface area contributed by atoms with Crippen molar-refractivity contribution in [1.82, 2.24) is 10.6 Å². The molecule has 0 radical (unpaired) electrons. The van der Waals surface area contributed by atoms with Gasteiger partial charge in [0.2, 0.25) is 0 Å². The Morgan fingerprint density at radius 3 is 1.24 bits per heavy atom. The van der Waals surface area contributed by atoms with E-state index < -0.39 is 38.1 Å². The molecule has 15 nitrogen and oxygen atoms in total. The van der Waals surface area contributed by atoms with Gasteiger partial charge in [-0.2, -0.15) is 16.8 Å². The highest BCUT2D eigenvalue weighted by molar-refractivity contribution is 7.86. The molecule has 0 saturated carbocycles. The van der Waals surface area contributed by atoms with Gasteiger partial charge in [-0.1, -0.05) is 24.3 Å². The molecule has 0 aromatic heterocycles. The molecule has 0 spiro atoms. The van der Waals surface area contributed by atoms with Gasteiger partial charge in [0.25, 0.3) is 32.1 Å². The summed E-state index contributed by atoms with van der Waals surface area (Å²) in [7, 11) is -9.17. The molecule has 0 aliphatic carbocycles. The van der Waals surface area contributed by atoms with Gasteiger partial charge in [-0.05, 0) is 85.6 Å². The molecular weight excluding hydrogens is 741 g/mol. The zero-order valence-corrected chi connectivity index (χ0v) is 29.8. The second-order valence-electron chi connectivity index (χ2n) is 12.2. The number of amides is 4. The van der Waals surface area contributed by atoms with Crippen molar-refractivity contribution in [1.29, 1.82) is 0 Å². The van der Waals surface area contributed by atoms with Crippen LogP contribution >= 0.6 is 0 Å². The van der Waals surface area contributed by atoms with E-state index in [1.807, 2.05) is 0 Å². The molecule has 17 heteroatoms. The van der Waals surface area contributed by atoms with Gasteiger partial charge in [-0.25, -0.2) is 4.79 Å². The van der Waals surface area contributed by atoms with Crippen LogP contribution in [0.15, 0.2) is 107 Å². The first kappa shape index (κ1) is 37.2. The average Bonchev–Trinajstić information content (AvgIpc) is 3.07. The highest BCUT2D eigenvalue weighted by Gasteiger charge is 2.20. The molecule has 6 aromatic carbocycles. The van der Waals surface area contributed by atoms with Crippen LogP contribution in [-0.2, 0) is 20.2 Å². The summed E-state index contributed by atoms with van der Waals surface area (Å²) in [5, 5.41) is 31.8. The number of benzene rings is 6. The number of carbonyl (C=O) groups excluding carboxylic acids is 3. The van der Waals surface area contributed by atoms with Crippen LogP contribution in [0.25, 0.3) is 21.5 Å². The topological polar surface area (TPSA) is 249 Å².